The first-order chi connectivity index (χ1) is 7.76. The summed E-state index contributed by atoms with van der Waals surface area (Å²) in [6, 6.07) is 0.146. The predicted molar refractivity (Wildman–Crippen MR) is 62.0 cm³/mol. The molecule has 5 heteroatoms. The molecule has 0 amide bonds. The van der Waals surface area contributed by atoms with E-state index < -0.39 is 0 Å². The maximum absolute atomic E-state index is 4.29. The summed E-state index contributed by atoms with van der Waals surface area (Å²) in [4.78, 5) is 4.14. The van der Waals surface area contributed by atoms with Gasteiger partial charge in [0.25, 0.3) is 0 Å². The first kappa shape index (κ1) is 10.9. The summed E-state index contributed by atoms with van der Waals surface area (Å²) in [5, 5.41) is 7.57. The van der Waals surface area contributed by atoms with E-state index in [1.807, 2.05) is 42.1 Å². The minimum absolute atomic E-state index is 0.146. The van der Waals surface area contributed by atoms with Crippen molar-refractivity contribution in [3.05, 3.63) is 36.2 Å². The molecule has 0 aliphatic rings. The van der Waals surface area contributed by atoms with Crippen molar-refractivity contribution in [2.45, 2.75) is 19.5 Å². The minimum atomic E-state index is 0.146. The van der Waals surface area contributed by atoms with E-state index in [2.05, 4.69) is 28.5 Å². The van der Waals surface area contributed by atoms with Gasteiger partial charge in [0.1, 0.15) is 0 Å². The molecule has 5 nitrogen and oxygen atoms in total. The van der Waals surface area contributed by atoms with Crippen LogP contribution >= 0.6 is 0 Å². The van der Waals surface area contributed by atoms with Crippen LogP contribution in [0.4, 0.5) is 0 Å². The molecule has 2 heterocycles. The van der Waals surface area contributed by atoms with Crippen LogP contribution in [0.15, 0.2) is 24.9 Å². The number of nitrogens with one attached hydrogen (secondary N) is 1. The molecule has 2 aromatic heterocycles. The third-order valence-corrected chi connectivity index (χ3v) is 2.75. The van der Waals surface area contributed by atoms with Gasteiger partial charge < -0.3 is 9.88 Å². The van der Waals surface area contributed by atoms with Gasteiger partial charge >= 0.3 is 0 Å². The van der Waals surface area contributed by atoms with Crippen molar-refractivity contribution in [3.63, 3.8) is 0 Å². The van der Waals surface area contributed by atoms with E-state index in [4.69, 9.17) is 0 Å². The van der Waals surface area contributed by atoms with Gasteiger partial charge in [-0.3, -0.25) is 4.68 Å². The SMILES string of the molecule is CCn1cc(C(NC)c2cncn2C)cn1. The van der Waals surface area contributed by atoms with Crippen molar-refractivity contribution in [1.29, 1.82) is 0 Å². The molecule has 0 aliphatic carbocycles. The molecule has 86 valence electrons. The number of rotatable bonds is 4. The lowest BCUT2D eigenvalue weighted by Gasteiger charge is -2.14. The second-order valence-electron chi connectivity index (χ2n) is 3.78. The Morgan fingerprint density at radius 3 is 2.75 bits per heavy atom. The van der Waals surface area contributed by atoms with Gasteiger partial charge in [-0.1, -0.05) is 0 Å². The van der Waals surface area contributed by atoms with E-state index in [1.54, 1.807) is 0 Å². The van der Waals surface area contributed by atoms with Crippen LogP contribution in [0.25, 0.3) is 0 Å². The van der Waals surface area contributed by atoms with Crippen LogP contribution < -0.4 is 5.32 Å². The van der Waals surface area contributed by atoms with Crippen molar-refractivity contribution in [3.8, 4) is 0 Å². The quantitative estimate of drug-likeness (QED) is 0.832. The van der Waals surface area contributed by atoms with Gasteiger partial charge in [-0.25, -0.2) is 4.98 Å². The van der Waals surface area contributed by atoms with Crippen molar-refractivity contribution in [2.75, 3.05) is 7.05 Å². The molecule has 0 aliphatic heterocycles. The van der Waals surface area contributed by atoms with Crippen molar-refractivity contribution in [2.24, 2.45) is 7.05 Å². The summed E-state index contributed by atoms with van der Waals surface area (Å²) >= 11 is 0. The maximum atomic E-state index is 4.29. The Morgan fingerprint density at radius 2 is 2.25 bits per heavy atom. The lowest BCUT2D eigenvalue weighted by atomic mass is 10.1. The van der Waals surface area contributed by atoms with Crippen LogP contribution in [-0.4, -0.2) is 26.4 Å². The van der Waals surface area contributed by atoms with E-state index in [9.17, 15) is 0 Å². The molecule has 1 unspecified atom stereocenters. The van der Waals surface area contributed by atoms with Crippen molar-refractivity contribution < 1.29 is 0 Å². The number of nitrogens with zero attached hydrogens (tertiary/aromatic N) is 4. The van der Waals surface area contributed by atoms with E-state index in [1.165, 1.54) is 0 Å². The summed E-state index contributed by atoms with van der Waals surface area (Å²) < 4.78 is 3.94. The first-order valence-corrected chi connectivity index (χ1v) is 5.42. The Hall–Kier alpha value is -1.62. The monoisotopic (exact) mass is 219 g/mol. The first-order valence-electron chi connectivity index (χ1n) is 5.42. The predicted octanol–water partition coefficient (Wildman–Crippen LogP) is 0.945. The van der Waals surface area contributed by atoms with E-state index in [0.717, 1.165) is 17.8 Å². The molecule has 0 aromatic carbocycles. The van der Waals surface area contributed by atoms with Gasteiger partial charge in [-0.05, 0) is 14.0 Å². The molecule has 0 saturated carbocycles. The summed E-state index contributed by atoms with van der Waals surface area (Å²) in [6.07, 6.45) is 7.65. The number of hydrogen-bond donors (Lipinski definition) is 1. The van der Waals surface area contributed by atoms with E-state index in [0.29, 0.717) is 0 Å². The Morgan fingerprint density at radius 1 is 1.44 bits per heavy atom. The van der Waals surface area contributed by atoms with Gasteiger partial charge in [0.05, 0.1) is 30.5 Å². The summed E-state index contributed by atoms with van der Waals surface area (Å²) in [5.74, 6) is 0. The summed E-state index contributed by atoms with van der Waals surface area (Å²) in [6.45, 7) is 2.97. The van der Waals surface area contributed by atoms with Crippen LogP contribution in [0.3, 0.4) is 0 Å². The highest BCUT2D eigenvalue weighted by molar-refractivity contribution is 5.22. The average Bonchev–Trinajstić information content (AvgIpc) is 2.90. The highest BCUT2D eigenvalue weighted by Gasteiger charge is 2.16. The lowest BCUT2D eigenvalue weighted by molar-refractivity contribution is 0.631. The Kier molecular flexibility index (Phi) is 3.05. The third-order valence-electron chi connectivity index (χ3n) is 2.75. The second kappa shape index (κ2) is 4.49. The normalized spacial score (nSPS) is 12.9. The molecule has 2 rings (SSSR count). The standard InChI is InChI=1S/C11H17N5/c1-4-16-7-9(5-14-16)11(12-2)10-6-13-8-15(10)3/h5-8,11-12H,4H2,1-3H3. The molecule has 1 N–H and O–H groups in total. The Labute approximate surface area is 95.1 Å². The molecule has 1 atom stereocenters. The zero-order valence-electron chi connectivity index (χ0n) is 9.88. The van der Waals surface area contributed by atoms with Gasteiger partial charge in [0.15, 0.2) is 0 Å². The molecule has 0 fully saturated rings. The zero-order valence-corrected chi connectivity index (χ0v) is 9.88. The topological polar surface area (TPSA) is 47.7 Å². The lowest BCUT2D eigenvalue weighted by Crippen LogP contribution is -2.19. The van der Waals surface area contributed by atoms with Crippen LogP contribution in [0.2, 0.25) is 0 Å². The highest BCUT2D eigenvalue weighted by atomic mass is 15.3. The van der Waals surface area contributed by atoms with Gasteiger partial charge in [0, 0.05) is 25.4 Å². The zero-order chi connectivity index (χ0) is 11.5. The molecule has 0 radical (unpaired) electrons. The molecule has 0 spiro atoms. The van der Waals surface area contributed by atoms with Gasteiger partial charge in [-0.2, -0.15) is 5.10 Å². The molecule has 2 aromatic rings. The molecule has 0 bridgehead atoms. The Balaban J connectivity index is 2.32. The van der Waals surface area contributed by atoms with Crippen molar-refractivity contribution in [1.82, 2.24) is 24.6 Å². The van der Waals surface area contributed by atoms with Crippen LogP contribution in [0.1, 0.15) is 24.2 Å². The minimum Gasteiger partial charge on any atom is -0.336 e. The number of imidazole rings is 1. The van der Waals surface area contributed by atoms with Crippen LogP contribution in [0, 0.1) is 0 Å². The largest absolute Gasteiger partial charge is 0.336 e. The molecular weight excluding hydrogens is 202 g/mol. The second-order valence-corrected chi connectivity index (χ2v) is 3.78. The summed E-state index contributed by atoms with van der Waals surface area (Å²) in [5.41, 5.74) is 2.30. The fourth-order valence-corrected chi connectivity index (χ4v) is 1.83. The fraction of sp³-hybridized carbons (Fsp3) is 0.455. The molecular formula is C11H17N5. The van der Waals surface area contributed by atoms with E-state index in [-0.39, 0.29) is 6.04 Å². The number of aromatic nitrogens is 4. The fourth-order valence-electron chi connectivity index (χ4n) is 1.83. The average molecular weight is 219 g/mol. The Bertz CT molecular complexity index is 456. The molecule has 16 heavy (non-hydrogen) atoms. The smallest absolute Gasteiger partial charge is 0.0946 e. The maximum Gasteiger partial charge on any atom is 0.0946 e. The van der Waals surface area contributed by atoms with E-state index >= 15 is 0 Å². The molecule has 0 saturated heterocycles. The summed E-state index contributed by atoms with van der Waals surface area (Å²) in [7, 11) is 3.94. The van der Waals surface area contributed by atoms with Crippen LogP contribution in [-0.2, 0) is 13.6 Å². The van der Waals surface area contributed by atoms with Crippen molar-refractivity contribution >= 4 is 0 Å². The number of aryl methyl sites for hydroxylation is 2. The van der Waals surface area contributed by atoms with Gasteiger partial charge in [-0.15, -0.1) is 0 Å². The van der Waals surface area contributed by atoms with Crippen LogP contribution in [0.5, 0.6) is 0 Å². The number of hydrogen-bond acceptors (Lipinski definition) is 3. The van der Waals surface area contributed by atoms with Gasteiger partial charge in [0.2, 0.25) is 0 Å². The third kappa shape index (κ3) is 1.86. The highest BCUT2D eigenvalue weighted by Crippen LogP contribution is 2.20.